The second-order valence-electron chi connectivity index (χ2n) is 16.2. The molecule has 0 spiro atoms. The lowest BCUT2D eigenvalue weighted by Gasteiger charge is -2.22. The molecule has 0 saturated heterocycles. The smallest absolute Gasteiger partial charge is 0.307 e. The molecule has 0 radical (unpaired) electrons. The van der Waals surface area contributed by atoms with Gasteiger partial charge in [-0.3, -0.25) is 0 Å². The minimum atomic E-state index is -4.71. The molecule has 0 amide bonds. The van der Waals surface area contributed by atoms with Gasteiger partial charge in [0.25, 0.3) is 0 Å². The number of hydrogen-bond acceptors (Lipinski definition) is 1. The first kappa shape index (κ1) is 37.6. The molecule has 62 heavy (non-hydrogen) atoms. The molecule has 3 aromatic heterocycles. The summed E-state index contributed by atoms with van der Waals surface area (Å²) < 4.78 is 52.1. The number of benzene rings is 6. The molecule has 0 unspecified atom stereocenters. The molecule has 9 aromatic rings. The summed E-state index contributed by atoms with van der Waals surface area (Å²) in [5.41, 5.74) is 11.3. The third-order valence-electron chi connectivity index (χ3n) is 12.6. The number of pyridine rings is 1. The number of nitrogens with zero attached hydrogens (tertiary/aromatic N) is 3. The van der Waals surface area contributed by atoms with Gasteiger partial charge in [-0.15, -0.1) is 0 Å². The fourth-order valence-electron chi connectivity index (χ4n) is 9.59. The quantitative estimate of drug-likeness (QED) is 0.170. The SMILES string of the molecule is CC1=CC=CCC1=c1ccc2c3c(n(-c4cc(-c5cccc(-c6ccccc6)n5)c(C(F)(F)F)cc4-n4c5ccccc5c5ccc(-c6ccccc6C)cc54)c2c1)=CC=CC3. The van der Waals surface area contributed by atoms with Crippen molar-refractivity contribution in [3.8, 4) is 45.0 Å². The van der Waals surface area contributed by atoms with Crippen LogP contribution in [0.5, 0.6) is 0 Å². The van der Waals surface area contributed by atoms with E-state index in [2.05, 4.69) is 109 Å². The number of alkyl halides is 3. The fourth-order valence-corrected chi connectivity index (χ4v) is 9.59. The lowest BCUT2D eigenvalue weighted by molar-refractivity contribution is -0.137. The van der Waals surface area contributed by atoms with E-state index in [1.165, 1.54) is 17.2 Å². The Balaban J connectivity index is 1.30. The van der Waals surface area contributed by atoms with Crippen LogP contribution in [0, 0.1) is 6.92 Å². The lowest BCUT2D eigenvalue weighted by Crippen LogP contribution is -2.21. The van der Waals surface area contributed by atoms with Gasteiger partial charge < -0.3 is 9.13 Å². The van der Waals surface area contributed by atoms with Crippen molar-refractivity contribution in [1.82, 2.24) is 14.1 Å². The summed E-state index contributed by atoms with van der Waals surface area (Å²) in [6.07, 6.45) is 9.46. The lowest BCUT2D eigenvalue weighted by atomic mass is 9.96. The molecule has 0 atom stereocenters. The highest BCUT2D eigenvalue weighted by atomic mass is 19.4. The Morgan fingerprint density at radius 2 is 1.24 bits per heavy atom. The van der Waals surface area contributed by atoms with Crippen LogP contribution < -0.4 is 10.6 Å². The van der Waals surface area contributed by atoms with E-state index < -0.39 is 11.7 Å². The molecular weight excluding hydrogens is 772 g/mol. The van der Waals surface area contributed by atoms with E-state index in [4.69, 9.17) is 4.98 Å². The second kappa shape index (κ2) is 14.6. The van der Waals surface area contributed by atoms with E-state index in [0.717, 1.165) is 77.5 Å². The molecule has 0 N–H and O–H groups in total. The molecule has 2 aliphatic carbocycles. The largest absolute Gasteiger partial charge is 0.417 e. The summed E-state index contributed by atoms with van der Waals surface area (Å²) in [5.74, 6) is 0. The second-order valence-corrected chi connectivity index (χ2v) is 16.2. The van der Waals surface area contributed by atoms with Crippen molar-refractivity contribution in [2.24, 2.45) is 0 Å². The van der Waals surface area contributed by atoms with Crippen molar-refractivity contribution >= 4 is 44.4 Å². The van der Waals surface area contributed by atoms with Crippen molar-refractivity contribution < 1.29 is 13.2 Å². The number of para-hydroxylation sites is 1. The van der Waals surface area contributed by atoms with Gasteiger partial charge in [0, 0.05) is 27.3 Å². The molecular formula is C56H40F3N3. The summed E-state index contributed by atoms with van der Waals surface area (Å²) in [6, 6.07) is 47.2. The topological polar surface area (TPSA) is 22.8 Å². The summed E-state index contributed by atoms with van der Waals surface area (Å²) in [4.78, 5) is 4.94. The number of rotatable bonds is 5. The summed E-state index contributed by atoms with van der Waals surface area (Å²) in [7, 11) is 0. The van der Waals surface area contributed by atoms with E-state index in [0.29, 0.717) is 23.5 Å². The number of aryl methyl sites for hydroxylation is 1. The third kappa shape index (κ3) is 6.16. The molecule has 0 bridgehead atoms. The Morgan fingerprint density at radius 3 is 2.08 bits per heavy atom. The third-order valence-corrected chi connectivity index (χ3v) is 12.6. The van der Waals surface area contributed by atoms with Crippen LogP contribution in [0.2, 0.25) is 0 Å². The first-order valence-electron chi connectivity index (χ1n) is 21.0. The zero-order valence-corrected chi connectivity index (χ0v) is 34.2. The molecule has 0 aliphatic heterocycles. The van der Waals surface area contributed by atoms with Gasteiger partial charge in [-0.25, -0.2) is 4.98 Å². The van der Waals surface area contributed by atoms with Crippen molar-refractivity contribution in [2.45, 2.75) is 32.9 Å². The van der Waals surface area contributed by atoms with Crippen molar-refractivity contribution in [3.05, 3.63) is 209 Å². The first-order chi connectivity index (χ1) is 30.2. The predicted molar refractivity (Wildman–Crippen MR) is 249 cm³/mol. The normalized spacial score (nSPS) is 14.7. The van der Waals surface area contributed by atoms with E-state index in [1.54, 1.807) is 18.2 Å². The minimum absolute atomic E-state index is 0.0130. The maximum atomic E-state index is 16.0. The molecule has 6 heteroatoms. The zero-order valence-electron chi connectivity index (χ0n) is 34.2. The van der Waals surface area contributed by atoms with Crippen molar-refractivity contribution in [3.63, 3.8) is 0 Å². The van der Waals surface area contributed by atoms with Crippen molar-refractivity contribution in [2.75, 3.05) is 0 Å². The van der Waals surface area contributed by atoms with Crippen LogP contribution in [0.1, 0.15) is 30.0 Å². The number of aromatic nitrogens is 3. The van der Waals surface area contributed by atoms with E-state index in [1.807, 2.05) is 71.3 Å². The van der Waals surface area contributed by atoms with Crippen molar-refractivity contribution in [1.29, 1.82) is 0 Å². The number of fused-ring (bicyclic) bond motifs is 6. The molecule has 3 heterocycles. The van der Waals surface area contributed by atoms with Crippen LogP contribution in [-0.4, -0.2) is 14.1 Å². The zero-order chi connectivity index (χ0) is 42.1. The van der Waals surface area contributed by atoms with E-state index >= 15 is 13.2 Å². The van der Waals surface area contributed by atoms with E-state index in [-0.39, 0.29) is 11.3 Å². The van der Waals surface area contributed by atoms with Gasteiger partial charge in [-0.1, -0.05) is 134 Å². The van der Waals surface area contributed by atoms with Gasteiger partial charge in [0.2, 0.25) is 0 Å². The Hall–Kier alpha value is -7.44. The first-order valence-corrected chi connectivity index (χ1v) is 21.0. The Labute approximate surface area is 357 Å². The maximum Gasteiger partial charge on any atom is 0.417 e. The number of hydrogen-bond donors (Lipinski definition) is 0. The Morgan fingerprint density at radius 1 is 0.532 bits per heavy atom. The standard InChI is InChI=1S/C56H40F3N3/c1-35-15-6-8-19-40(35)38-27-29-44-42-21-10-12-25-50(42)61(52(44)31-38)54-33-46(49-24-14-23-48(60-49)37-17-4-3-5-18-37)47(56(57,58)59)34-55(54)62-51-26-13-11-22-43(51)45-30-28-39(32-53(45)62)41-20-9-7-16-36(41)2/h3-18,20,22-34H,19,21H2,1-2H3. The Bertz CT molecular complexity index is 3520. The Kier molecular flexibility index (Phi) is 8.86. The molecule has 11 rings (SSSR count). The highest BCUT2D eigenvalue weighted by Gasteiger charge is 2.36. The van der Waals surface area contributed by atoms with Gasteiger partial charge in [0.1, 0.15) is 0 Å². The molecule has 6 aromatic carbocycles. The molecule has 3 nitrogen and oxygen atoms in total. The average Bonchev–Trinajstić information content (AvgIpc) is 3.81. The van der Waals surface area contributed by atoms with Gasteiger partial charge >= 0.3 is 6.18 Å². The minimum Gasteiger partial charge on any atom is -0.307 e. The highest BCUT2D eigenvalue weighted by molar-refractivity contribution is 6.10. The monoisotopic (exact) mass is 811 g/mol. The van der Waals surface area contributed by atoms with Crippen LogP contribution in [0.4, 0.5) is 13.2 Å². The summed E-state index contributed by atoms with van der Waals surface area (Å²) >= 11 is 0. The van der Waals surface area contributed by atoms with Gasteiger partial charge in [0.05, 0.1) is 50.2 Å². The predicted octanol–water partition coefficient (Wildman–Crippen LogP) is 13.4. The van der Waals surface area contributed by atoms with Crippen LogP contribution in [0.3, 0.4) is 0 Å². The molecule has 0 saturated carbocycles. The van der Waals surface area contributed by atoms with Gasteiger partial charge in [-0.2, -0.15) is 13.2 Å². The van der Waals surface area contributed by atoms with Crippen LogP contribution in [0.25, 0.3) is 89.4 Å². The number of allylic oxidation sites excluding steroid dienone is 6. The summed E-state index contributed by atoms with van der Waals surface area (Å²) in [6.45, 7) is 4.22. The number of halogens is 3. The fraction of sp³-hybridized carbons (Fsp3) is 0.0893. The summed E-state index contributed by atoms with van der Waals surface area (Å²) in [5, 5.41) is 5.02. The van der Waals surface area contributed by atoms with Crippen LogP contribution in [-0.2, 0) is 12.6 Å². The van der Waals surface area contributed by atoms with Gasteiger partial charge in [-0.05, 0) is 114 Å². The van der Waals surface area contributed by atoms with Crippen LogP contribution >= 0.6 is 0 Å². The van der Waals surface area contributed by atoms with Gasteiger partial charge in [0.15, 0.2) is 0 Å². The molecule has 300 valence electrons. The van der Waals surface area contributed by atoms with Crippen LogP contribution in [0.15, 0.2) is 182 Å². The molecule has 0 fully saturated rings. The highest BCUT2D eigenvalue weighted by Crippen LogP contribution is 2.44. The maximum absolute atomic E-state index is 16.0. The average molecular weight is 812 g/mol. The molecule has 2 aliphatic rings. The van der Waals surface area contributed by atoms with E-state index in [9.17, 15) is 0 Å².